The van der Waals surface area contributed by atoms with Gasteiger partial charge in [0.05, 0.1) is 0 Å². The molecule has 0 aliphatic carbocycles. The van der Waals surface area contributed by atoms with Gasteiger partial charge in [-0.3, -0.25) is 4.79 Å². The quantitative estimate of drug-likeness (QED) is 0.491. The molecular formula is C6H12N2O. The van der Waals surface area contributed by atoms with Gasteiger partial charge in [-0.2, -0.15) is 0 Å². The lowest BCUT2D eigenvalue weighted by molar-refractivity contribution is -0.110. The van der Waals surface area contributed by atoms with E-state index in [0.29, 0.717) is 6.04 Å². The summed E-state index contributed by atoms with van der Waals surface area (Å²) in [4.78, 5) is 9.93. The van der Waals surface area contributed by atoms with E-state index >= 15 is 0 Å². The summed E-state index contributed by atoms with van der Waals surface area (Å²) >= 11 is 0. The highest BCUT2D eigenvalue weighted by atomic mass is 16.1. The van der Waals surface area contributed by atoms with Crippen LogP contribution in [0.25, 0.3) is 0 Å². The van der Waals surface area contributed by atoms with Crippen molar-refractivity contribution in [3.8, 4) is 0 Å². The molecule has 0 bridgehead atoms. The summed E-state index contributed by atoms with van der Waals surface area (Å²) in [5.74, 6) is 0. The maximum absolute atomic E-state index is 9.93. The van der Waals surface area contributed by atoms with E-state index in [-0.39, 0.29) is 0 Å². The fourth-order valence-electron chi connectivity index (χ4n) is 1.09. The first kappa shape index (κ1) is 6.55. The van der Waals surface area contributed by atoms with Crippen LogP contribution in [0.5, 0.6) is 0 Å². The maximum atomic E-state index is 9.93. The van der Waals surface area contributed by atoms with Gasteiger partial charge in [-0.1, -0.05) is 0 Å². The smallest absolute Gasteiger partial charge is 0.207 e. The average molecular weight is 128 g/mol. The first-order valence-corrected chi connectivity index (χ1v) is 3.34. The van der Waals surface area contributed by atoms with E-state index in [0.717, 1.165) is 25.9 Å². The van der Waals surface area contributed by atoms with Gasteiger partial charge in [-0.05, 0) is 19.4 Å². The molecule has 0 unspecified atom stereocenters. The van der Waals surface area contributed by atoms with Gasteiger partial charge in [0.2, 0.25) is 6.41 Å². The van der Waals surface area contributed by atoms with Gasteiger partial charge in [-0.15, -0.1) is 0 Å². The number of piperidine rings is 1. The zero-order chi connectivity index (χ0) is 6.53. The number of amides is 1. The minimum Gasteiger partial charge on any atom is -0.355 e. The van der Waals surface area contributed by atoms with Crippen LogP contribution < -0.4 is 10.6 Å². The normalized spacial score (nSPS) is 27.3. The Kier molecular flexibility index (Phi) is 2.51. The Morgan fingerprint density at radius 2 is 2.56 bits per heavy atom. The number of hydrogen-bond acceptors (Lipinski definition) is 2. The summed E-state index contributed by atoms with van der Waals surface area (Å²) in [5.41, 5.74) is 0. The van der Waals surface area contributed by atoms with Crippen LogP contribution in [-0.2, 0) is 4.79 Å². The summed E-state index contributed by atoms with van der Waals surface area (Å²) in [7, 11) is 0. The molecule has 3 nitrogen and oxygen atoms in total. The predicted octanol–water partition coefficient (Wildman–Crippen LogP) is -0.516. The van der Waals surface area contributed by atoms with E-state index in [1.165, 1.54) is 6.42 Å². The summed E-state index contributed by atoms with van der Waals surface area (Å²) in [6.45, 7) is 2.02. The minimum atomic E-state index is 0.372. The van der Waals surface area contributed by atoms with E-state index in [1.54, 1.807) is 0 Å². The average Bonchev–Trinajstić information content (AvgIpc) is 1.91. The van der Waals surface area contributed by atoms with Crippen LogP contribution in [0, 0.1) is 0 Å². The van der Waals surface area contributed by atoms with Crippen LogP contribution in [0.3, 0.4) is 0 Å². The lowest BCUT2D eigenvalue weighted by atomic mass is 10.1. The number of rotatable bonds is 2. The van der Waals surface area contributed by atoms with E-state index in [2.05, 4.69) is 10.6 Å². The first-order chi connectivity index (χ1) is 4.43. The zero-order valence-corrected chi connectivity index (χ0v) is 5.39. The van der Waals surface area contributed by atoms with Crippen molar-refractivity contribution < 1.29 is 4.79 Å². The molecule has 1 aliphatic heterocycles. The fourth-order valence-corrected chi connectivity index (χ4v) is 1.09. The molecular weight excluding hydrogens is 116 g/mol. The van der Waals surface area contributed by atoms with Gasteiger partial charge in [0.25, 0.3) is 0 Å². The van der Waals surface area contributed by atoms with Gasteiger partial charge in [0.1, 0.15) is 0 Å². The maximum Gasteiger partial charge on any atom is 0.207 e. The second kappa shape index (κ2) is 3.45. The largest absolute Gasteiger partial charge is 0.355 e. The van der Waals surface area contributed by atoms with Crippen LogP contribution in [0.15, 0.2) is 0 Å². The van der Waals surface area contributed by atoms with Crippen molar-refractivity contribution in [3.63, 3.8) is 0 Å². The van der Waals surface area contributed by atoms with Gasteiger partial charge < -0.3 is 10.6 Å². The van der Waals surface area contributed by atoms with Crippen LogP contribution in [0.1, 0.15) is 12.8 Å². The highest BCUT2D eigenvalue weighted by Gasteiger charge is 2.09. The van der Waals surface area contributed by atoms with Gasteiger partial charge in [-0.25, -0.2) is 0 Å². The second-order valence-corrected chi connectivity index (χ2v) is 2.33. The van der Waals surface area contributed by atoms with Crippen molar-refractivity contribution in [1.29, 1.82) is 0 Å². The molecule has 1 rings (SSSR count). The van der Waals surface area contributed by atoms with E-state index in [4.69, 9.17) is 0 Å². The molecule has 0 aromatic rings. The Labute approximate surface area is 54.8 Å². The molecule has 2 N–H and O–H groups in total. The first-order valence-electron chi connectivity index (χ1n) is 3.34. The number of carbonyl (C=O) groups excluding carboxylic acids is 1. The van der Waals surface area contributed by atoms with Gasteiger partial charge in [0.15, 0.2) is 0 Å². The van der Waals surface area contributed by atoms with E-state index in [9.17, 15) is 4.79 Å². The molecule has 0 aromatic carbocycles. The van der Waals surface area contributed by atoms with Crippen LogP contribution in [0.4, 0.5) is 0 Å². The molecule has 1 heterocycles. The van der Waals surface area contributed by atoms with Crippen molar-refractivity contribution in [2.24, 2.45) is 0 Å². The van der Waals surface area contributed by atoms with Crippen LogP contribution in [-0.4, -0.2) is 25.5 Å². The zero-order valence-electron chi connectivity index (χ0n) is 5.39. The van der Waals surface area contributed by atoms with Crippen LogP contribution in [0.2, 0.25) is 0 Å². The molecule has 1 fully saturated rings. The Hall–Kier alpha value is -0.570. The predicted molar refractivity (Wildman–Crippen MR) is 35.1 cm³/mol. The topological polar surface area (TPSA) is 41.1 Å². The number of hydrogen-bond donors (Lipinski definition) is 2. The van der Waals surface area contributed by atoms with Crippen molar-refractivity contribution >= 4 is 6.41 Å². The molecule has 0 aromatic heterocycles. The molecule has 1 atom stereocenters. The standard InChI is InChI=1S/C6H12N2O/c9-5-8-6-2-1-3-7-4-6/h5-7H,1-4H2,(H,8,9)/t6-/m0/s1. The molecule has 9 heavy (non-hydrogen) atoms. The summed E-state index contributed by atoms with van der Waals surface area (Å²) < 4.78 is 0. The Morgan fingerprint density at radius 3 is 3.11 bits per heavy atom. The molecule has 0 radical (unpaired) electrons. The van der Waals surface area contributed by atoms with Gasteiger partial charge >= 0.3 is 0 Å². The monoisotopic (exact) mass is 128 g/mol. The molecule has 1 amide bonds. The highest BCUT2D eigenvalue weighted by Crippen LogP contribution is 1.99. The SMILES string of the molecule is O=CN[C@H]1CCCNC1. The molecule has 3 heteroatoms. The van der Waals surface area contributed by atoms with Gasteiger partial charge in [0, 0.05) is 12.6 Å². The van der Waals surface area contributed by atoms with Crippen molar-refractivity contribution in [2.45, 2.75) is 18.9 Å². The van der Waals surface area contributed by atoms with Crippen LogP contribution >= 0.6 is 0 Å². The molecule has 0 saturated carbocycles. The Bertz CT molecular complexity index is 89.1. The highest BCUT2D eigenvalue weighted by molar-refractivity contribution is 5.46. The third kappa shape index (κ3) is 2.01. The molecule has 52 valence electrons. The van der Waals surface area contributed by atoms with E-state index < -0.39 is 0 Å². The lowest BCUT2D eigenvalue weighted by Gasteiger charge is -2.21. The minimum absolute atomic E-state index is 0.372. The Morgan fingerprint density at radius 1 is 1.67 bits per heavy atom. The summed E-state index contributed by atoms with van der Waals surface area (Å²) in [6.07, 6.45) is 3.06. The van der Waals surface area contributed by atoms with Crippen molar-refractivity contribution in [3.05, 3.63) is 0 Å². The lowest BCUT2D eigenvalue weighted by Crippen LogP contribution is -2.42. The second-order valence-electron chi connectivity index (χ2n) is 2.33. The third-order valence-corrected chi connectivity index (χ3v) is 1.60. The third-order valence-electron chi connectivity index (χ3n) is 1.60. The molecule has 1 saturated heterocycles. The Balaban J connectivity index is 2.15. The fraction of sp³-hybridized carbons (Fsp3) is 0.833. The number of nitrogens with one attached hydrogen (secondary N) is 2. The summed E-state index contributed by atoms with van der Waals surface area (Å²) in [5, 5.41) is 5.94. The number of carbonyl (C=O) groups is 1. The molecule has 1 aliphatic rings. The van der Waals surface area contributed by atoms with Crippen molar-refractivity contribution in [2.75, 3.05) is 13.1 Å². The molecule has 0 spiro atoms. The van der Waals surface area contributed by atoms with Crippen molar-refractivity contribution in [1.82, 2.24) is 10.6 Å². The van der Waals surface area contributed by atoms with E-state index in [1.807, 2.05) is 0 Å². The summed E-state index contributed by atoms with van der Waals surface area (Å²) in [6, 6.07) is 0.372.